The van der Waals surface area contributed by atoms with E-state index in [0.717, 1.165) is 10.9 Å². The third kappa shape index (κ3) is 3.08. The first-order chi connectivity index (χ1) is 13.2. The minimum atomic E-state index is -0.347. The third-order valence-electron chi connectivity index (χ3n) is 4.12. The van der Waals surface area contributed by atoms with Gasteiger partial charge < -0.3 is 18.9 Å². The molecule has 27 heavy (non-hydrogen) atoms. The average molecular weight is 364 g/mol. The van der Waals surface area contributed by atoms with Gasteiger partial charge in [0.05, 0.1) is 25.3 Å². The molecule has 0 spiro atoms. The van der Waals surface area contributed by atoms with E-state index in [1.165, 1.54) is 0 Å². The highest BCUT2D eigenvalue weighted by Crippen LogP contribution is 2.33. The molecule has 0 saturated carbocycles. The fourth-order valence-corrected chi connectivity index (χ4v) is 2.79. The number of rotatable bonds is 5. The van der Waals surface area contributed by atoms with Gasteiger partial charge in [0.15, 0.2) is 0 Å². The summed E-state index contributed by atoms with van der Waals surface area (Å²) in [4.78, 5) is 15.6. The first-order valence-corrected chi connectivity index (χ1v) is 8.13. The lowest BCUT2D eigenvalue weighted by molar-refractivity contribution is 0.102. The van der Waals surface area contributed by atoms with Crippen molar-refractivity contribution in [1.82, 2.24) is 15.2 Å². The molecule has 0 bridgehead atoms. The van der Waals surface area contributed by atoms with Gasteiger partial charge in [-0.05, 0) is 24.3 Å². The van der Waals surface area contributed by atoms with Crippen molar-refractivity contribution in [1.29, 1.82) is 0 Å². The Bertz CT molecular complexity index is 1120. The molecule has 2 aromatic heterocycles. The average Bonchev–Trinajstić information content (AvgIpc) is 3.34. The van der Waals surface area contributed by atoms with Gasteiger partial charge in [-0.1, -0.05) is 23.3 Å². The number of nitrogens with zero attached hydrogens (tertiary/aromatic N) is 2. The van der Waals surface area contributed by atoms with E-state index in [9.17, 15) is 4.79 Å². The fourth-order valence-electron chi connectivity index (χ4n) is 2.79. The van der Waals surface area contributed by atoms with Crippen LogP contribution in [0.15, 0.2) is 53.1 Å². The number of amides is 1. The number of benzene rings is 2. The number of fused-ring (bicyclic) bond motifs is 1. The van der Waals surface area contributed by atoms with Gasteiger partial charge in [-0.3, -0.25) is 10.1 Å². The molecule has 0 aliphatic carbocycles. The van der Waals surface area contributed by atoms with Gasteiger partial charge in [-0.15, -0.1) is 5.10 Å². The molecule has 1 amide bonds. The number of carbonyl (C=O) groups excluding carboxylic acids is 1. The molecule has 8 nitrogen and oxygen atoms in total. The highest BCUT2D eigenvalue weighted by molar-refractivity contribution is 6.12. The van der Waals surface area contributed by atoms with Crippen molar-refractivity contribution in [3.63, 3.8) is 0 Å². The van der Waals surface area contributed by atoms with Gasteiger partial charge in [0.25, 0.3) is 11.8 Å². The zero-order valence-electron chi connectivity index (χ0n) is 14.6. The molecule has 4 aromatic rings. The van der Waals surface area contributed by atoms with Crippen LogP contribution in [0.4, 0.5) is 6.01 Å². The molecule has 2 aromatic carbocycles. The van der Waals surface area contributed by atoms with Crippen molar-refractivity contribution in [2.24, 2.45) is 0 Å². The molecule has 0 aliphatic rings. The van der Waals surface area contributed by atoms with Crippen LogP contribution in [0.1, 0.15) is 10.4 Å². The number of ether oxygens (including phenoxy) is 2. The molecule has 0 fully saturated rings. The minimum absolute atomic E-state index is 0.00912. The lowest BCUT2D eigenvalue weighted by Gasteiger charge is -2.07. The van der Waals surface area contributed by atoms with Crippen LogP contribution >= 0.6 is 0 Å². The molecular formula is C19H16N4O4. The number of aromatic amines is 1. The summed E-state index contributed by atoms with van der Waals surface area (Å²) in [6.45, 7) is 0. The van der Waals surface area contributed by atoms with Crippen LogP contribution in [-0.2, 0) is 0 Å². The van der Waals surface area contributed by atoms with Crippen molar-refractivity contribution in [3.8, 4) is 23.0 Å². The Morgan fingerprint density at radius 2 is 1.96 bits per heavy atom. The number of anilines is 1. The molecular weight excluding hydrogens is 348 g/mol. The largest absolute Gasteiger partial charge is 0.497 e. The van der Waals surface area contributed by atoms with Crippen molar-refractivity contribution in [3.05, 3.63) is 54.2 Å². The lowest BCUT2D eigenvalue weighted by Crippen LogP contribution is -2.11. The zero-order valence-corrected chi connectivity index (χ0v) is 14.6. The van der Waals surface area contributed by atoms with E-state index < -0.39 is 0 Å². The smallest absolute Gasteiger partial charge is 0.322 e. The van der Waals surface area contributed by atoms with E-state index in [2.05, 4.69) is 20.5 Å². The maximum Gasteiger partial charge on any atom is 0.322 e. The predicted octanol–water partition coefficient (Wildman–Crippen LogP) is 3.49. The topological polar surface area (TPSA) is 102 Å². The number of carbonyl (C=O) groups is 1. The second kappa shape index (κ2) is 6.83. The SMILES string of the molecule is COc1ccc(OC)c(-c2nnc(NC(=O)c3c[nH]c4ccccc34)o2)c1. The molecule has 136 valence electrons. The second-order valence-electron chi connectivity index (χ2n) is 5.68. The molecule has 0 radical (unpaired) electrons. The molecule has 8 heteroatoms. The maximum absolute atomic E-state index is 12.6. The highest BCUT2D eigenvalue weighted by atomic mass is 16.5. The van der Waals surface area contributed by atoms with Gasteiger partial charge in [0, 0.05) is 17.1 Å². The van der Waals surface area contributed by atoms with Crippen LogP contribution in [0.5, 0.6) is 11.5 Å². The summed E-state index contributed by atoms with van der Waals surface area (Å²) in [5.41, 5.74) is 1.93. The molecule has 2 N–H and O–H groups in total. The Hall–Kier alpha value is -3.81. The van der Waals surface area contributed by atoms with Gasteiger partial charge in [-0.2, -0.15) is 0 Å². The zero-order chi connectivity index (χ0) is 18.8. The number of aromatic nitrogens is 3. The van der Waals surface area contributed by atoms with E-state index in [1.807, 2.05) is 24.3 Å². The molecule has 4 rings (SSSR count). The normalized spacial score (nSPS) is 10.7. The number of H-pyrrole nitrogens is 1. The summed E-state index contributed by atoms with van der Waals surface area (Å²) in [6, 6.07) is 12.7. The van der Waals surface area contributed by atoms with E-state index in [1.54, 1.807) is 38.6 Å². The van der Waals surface area contributed by atoms with Gasteiger partial charge in [0.2, 0.25) is 0 Å². The second-order valence-corrected chi connectivity index (χ2v) is 5.68. The fraction of sp³-hybridized carbons (Fsp3) is 0.105. The van der Waals surface area contributed by atoms with Crippen molar-refractivity contribution >= 4 is 22.8 Å². The Kier molecular flexibility index (Phi) is 4.21. The number of nitrogens with one attached hydrogen (secondary N) is 2. The predicted molar refractivity (Wildman–Crippen MR) is 99.1 cm³/mol. The Labute approximate surface area is 154 Å². The summed E-state index contributed by atoms with van der Waals surface area (Å²) < 4.78 is 16.1. The first-order valence-electron chi connectivity index (χ1n) is 8.13. The summed E-state index contributed by atoms with van der Waals surface area (Å²) in [5.74, 6) is 1.03. The number of para-hydroxylation sites is 1. The third-order valence-corrected chi connectivity index (χ3v) is 4.12. The molecule has 0 saturated heterocycles. The number of methoxy groups -OCH3 is 2. The number of hydrogen-bond acceptors (Lipinski definition) is 6. The van der Waals surface area contributed by atoms with Crippen molar-refractivity contribution < 1.29 is 18.7 Å². The monoisotopic (exact) mass is 364 g/mol. The lowest BCUT2D eigenvalue weighted by atomic mass is 10.1. The van der Waals surface area contributed by atoms with E-state index in [-0.39, 0.29) is 17.8 Å². The highest BCUT2D eigenvalue weighted by Gasteiger charge is 2.18. The van der Waals surface area contributed by atoms with Crippen LogP contribution in [0.25, 0.3) is 22.4 Å². The van der Waals surface area contributed by atoms with Crippen molar-refractivity contribution in [2.45, 2.75) is 0 Å². The minimum Gasteiger partial charge on any atom is -0.497 e. The van der Waals surface area contributed by atoms with Crippen molar-refractivity contribution in [2.75, 3.05) is 19.5 Å². The molecule has 2 heterocycles. The summed E-state index contributed by atoms with van der Waals surface area (Å²) >= 11 is 0. The van der Waals surface area contributed by atoms with E-state index in [4.69, 9.17) is 13.9 Å². The van der Waals surface area contributed by atoms with Gasteiger partial charge >= 0.3 is 6.01 Å². The van der Waals surface area contributed by atoms with E-state index >= 15 is 0 Å². The Morgan fingerprint density at radius 3 is 2.78 bits per heavy atom. The summed E-state index contributed by atoms with van der Waals surface area (Å²) in [6.07, 6.45) is 1.64. The molecule has 0 unspecified atom stereocenters. The van der Waals surface area contributed by atoms with Gasteiger partial charge in [-0.25, -0.2) is 0 Å². The molecule has 0 aliphatic heterocycles. The van der Waals surface area contributed by atoms with Crippen LogP contribution in [0, 0.1) is 0 Å². The first kappa shape index (κ1) is 16.6. The number of hydrogen-bond donors (Lipinski definition) is 2. The van der Waals surface area contributed by atoms with E-state index in [0.29, 0.717) is 22.6 Å². The summed E-state index contributed by atoms with van der Waals surface area (Å²) in [7, 11) is 3.10. The van der Waals surface area contributed by atoms with Gasteiger partial charge in [0.1, 0.15) is 11.5 Å². The van der Waals surface area contributed by atoms with Crippen LogP contribution in [-0.4, -0.2) is 35.3 Å². The maximum atomic E-state index is 12.6. The molecule has 0 atom stereocenters. The Balaban J connectivity index is 1.61. The van der Waals surface area contributed by atoms with Crippen LogP contribution in [0.3, 0.4) is 0 Å². The van der Waals surface area contributed by atoms with Crippen LogP contribution in [0.2, 0.25) is 0 Å². The van der Waals surface area contributed by atoms with Crippen LogP contribution < -0.4 is 14.8 Å². The standard InChI is InChI=1S/C19H16N4O4/c1-25-11-7-8-16(26-2)13(9-11)18-22-23-19(27-18)21-17(24)14-10-20-15-6-4-3-5-12(14)15/h3-10,20H,1-2H3,(H,21,23,24). The Morgan fingerprint density at radius 1 is 1.11 bits per heavy atom. The summed E-state index contributed by atoms with van der Waals surface area (Å²) in [5, 5.41) is 11.3. The quantitative estimate of drug-likeness (QED) is 0.562.